The fourth-order valence-electron chi connectivity index (χ4n) is 4.20. The van der Waals surface area contributed by atoms with Gasteiger partial charge in [-0.05, 0) is 75.4 Å². The molecule has 1 amide bonds. The van der Waals surface area contributed by atoms with Crippen LogP contribution in [0, 0.1) is 5.95 Å². The molecule has 0 radical (unpaired) electrons. The molecular weight excluding hydrogens is 489 g/mol. The van der Waals surface area contributed by atoms with Gasteiger partial charge in [0.05, 0.1) is 5.25 Å². The molecule has 0 unspecified atom stereocenters. The molecule has 1 saturated carbocycles. The molecule has 2 aliphatic rings. The molecule has 0 saturated heterocycles. The summed E-state index contributed by atoms with van der Waals surface area (Å²) in [6.07, 6.45) is 3.40. The Kier molecular flexibility index (Phi) is 6.12. The first-order valence-corrected chi connectivity index (χ1v) is 12.4. The summed E-state index contributed by atoms with van der Waals surface area (Å²) in [4.78, 5) is 21.0. The number of carbonyl (C=O) groups is 1. The number of alkyl carbamates (subject to hydrolysis) is 1. The summed E-state index contributed by atoms with van der Waals surface area (Å²) in [7, 11) is -3.90. The number of amidine groups is 1. The first-order chi connectivity index (χ1) is 14.3. The molecule has 1 aliphatic carbocycles. The highest BCUT2D eigenvalue weighted by Gasteiger charge is 2.64. The predicted octanol–water partition coefficient (Wildman–Crippen LogP) is 4.42. The summed E-state index contributed by atoms with van der Waals surface area (Å²) < 4.78 is 47.1. The number of aromatic nitrogens is 1. The molecule has 170 valence electrons. The Hall–Kier alpha value is -1.81. The highest BCUT2D eigenvalue weighted by atomic mass is 79.9. The summed E-state index contributed by atoms with van der Waals surface area (Å²) in [6.45, 7) is 10.4. The Balaban J connectivity index is 2.22. The van der Waals surface area contributed by atoms with Crippen molar-refractivity contribution >= 4 is 37.7 Å². The Morgan fingerprint density at radius 1 is 1.45 bits per heavy atom. The molecule has 2 atom stereocenters. The van der Waals surface area contributed by atoms with Crippen LogP contribution in [0.5, 0.6) is 0 Å². The van der Waals surface area contributed by atoms with Crippen molar-refractivity contribution < 1.29 is 22.3 Å². The van der Waals surface area contributed by atoms with Gasteiger partial charge in [0.15, 0.2) is 9.84 Å². The minimum Gasteiger partial charge on any atom is -0.444 e. The minimum absolute atomic E-state index is 0.00446. The largest absolute Gasteiger partial charge is 0.444 e. The van der Waals surface area contributed by atoms with Gasteiger partial charge in [0, 0.05) is 16.2 Å². The summed E-state index contributed by atoms with van der Waals surface area (Å²) >= 11 is 3.27. The monoisotopic (exact) mass is 515 g/mol. The van der Waals surface area contributed by atoms with Crippen molar-refractivity contribution in [1.29, 1.82) is 0 Å². The van der Waals surface area contributed by atoms with E-state index in [4.69, 9.17) is 9.73 Å². The first kappa shape index (κ1) is 23.8. The van der Waals surface area contributed by atoms with Gasteiger partial charge in [-0.15, -0.1) is 6.58 Å². The standard InChI is InChI=1S/C21H27BrFN3O4S/c1-6-8-15-20(5,14-11-13(22)12-24-16(14)23)26-17(25-18(27)30-19(2,3)4)21(9-7-10-21)31(15,28)29/h6,11-12,15H,1,7-10H2,2-5H3,(H,25,26,27)/t15-,20+/m0/s1. The van der Waals surface area contributed by atoms with E-state index < -0.39 is 43.0 Å². The number of pyridine rings is 1. The van der Waals surface area contributed by atoms with Crippen LogP contribution in [0.2, 0.25) is 0 Å². The van der Waals surface area contributed by atoms with E-state index in [0.717, 1.165) is 0 Å². The van der Waals surface area contributed by atoms with Crippen molar-refractivity contribution in [2.75, 3.05) is 0 Å². The summed E-state index contributed by atoms with van der Waals surface area (Å²) in [6, 6.07) is 1.47. The van der Waals surface area contributed by atoms with E-state index in [1.54, 1.807) is 27.7 Å². The topological polar surface area (TPSA) is 97.7 Å². The lowest BCUT2D eigenvalue weighted by molar-refractivity contribution is 0.0559. The van der Waals surface area contributed by atoms with Crippen LogP contribution >= 0.6 is 15.9 Å². The quantitative estimate of drug-likeness (QED) is 0.474. The van der Waals surface area contributed by atoms with Crippen molar-refractivity contribution in [1.82, 2.24) is 10.3 Å². The zero-order valence-electron chi connectivity index (χ0n) is 18.0. The summed E-state index contributed by atoms with van der Waals surface area (Å²) in [5, 5.41) is 1.51. The van der Waals surface area contributed by atoms with Crippen LogP contribution in [0.25, 0.3) is 0 Å². The third-order valence-corrected chi connectivity index (χ3v) is 9.36. The normalized spacial score (nSPS) is 26.5. The third-order valence-electron chi connectivity index (χ3n) is 5.83. The SMILES string of the molecule is C=CC[C@H]1[C@@](C)(c2cc(Br)cnc2F)N=C(NC(=O)OC(C)(C)C)C2(CCC2)S1(=O)=O. The molecule has 3 rings (SSSR count). The van der Waals surface area contributed by atoms with Crippen molar-refractivity contribution in [3.63, 3.8) is 0 Å². The van der Waals surface area contributed by atoms with Crippen molar-refractivity contribution in [2.45, 2.75) is 74.5 Å². The molecule has 2 heterocycles. The molecule has 1 aliphatic heterocycles. The van der Waals surface area contributed by atoms with Gasteiger partial charge in [-0.3, -0.25) is 10.3 Å². The average Bonchev–Trinajstić information content (AvgIpc) is 2.57. The molecule has 1 aromatic rings. The summed E-state index contributed by atoms with van der Waals surface area (Å²) in [5.41, 5.74) is -2.28. The number of carbonyl (C=O) groups excluding carboxylic acids is 1. The number of hydrogen-bond donors (Lipinski definition) is 1. The molecule has 1 aromatic heterocycles. The van der Waals surface area contributed by atoms with Gasteiger partial charge in [0.25, 0.3) is 0 Å². The van der Waals surface area contributed by atoms with Crippen LogP contribution < -0.4 is 5.32 Å². The van der Waals surface area contributed by atoms with Gasteiger partial charge < -0.3 is 4.74 Å². The van der Waals surface area contributed by atoms with Gasteiger partial charge in [0.2, 0.25) is 5.95 Å². The number of nitrogens with zero attached hydrogens (tertiary/aromatic N) is 2. The number of hydrogen-bond acceptors (Lipinski definition) is 6. The van der Waals surface area contributed by atoms with Crippen molar-refractivity contribution in [2.24, 2.45) is 4.99 Å². The maximum atomic E-state index is 14.8. The van der Waals surface area contributed by atoms with E-state index in [1.165, 1.54) is 18.3 Å². The molecule has 0 aromatic carbocycles. The van der Waals surface area contributed by atoms with E-state index in [2.05, 4.69) is 32.8 Å². The van der Waals surface area contributed by atoms with E-state index in [9.17, 15) is 17.6 Å². The van der Waals surface area contributed by atoms with Crippen LogP contribution in [-0.2, 0) is 20.1 Å². The molecular formula is C21H27BrFN3O4S. The van der Waals surface area contributed by atoms with E-state index in [0.29, 0.717) is 23.7 Å². The lowest BCUT2D eigenvalue weighted by atomic mass is 9.80. The molecule has 10 heteroatoms. The number of allylic oxidation sites excluding steroid dienone is 1. The van der Waals surface area contributed by atoms with Crippen molar-refractivity contribution in [3.05, 3.63) is 40.9 Å². The van der Waals surface area contributed by atoms with Gasteiger partial charge in [0.1, 0.15) is 21.7 Å². The first-order valence-electron chi connectivity index (χ1n) is 10.0. The van der Waals surface area contributed by atoms with Crippen molar-refractivity contribution in [3.8, 4) is 0 Å². The Morgan fingerprint density at radius 2 is 2.10 bits per heavy atom. The van der Waals surface area contributed by atoms with Crippen LogP contribution in [0.3, 0.4) is 0 Å². The summed E-state index contributed by atoms with van der Waals surface area (Å²) in [5.74, 6) is -0.824. The van der Waals surface area contributed by atoms with Gasteiger partial charge in [-0.1, -0.05) is 6.08 Å². The third kappa shape index (κ3) is 4.04. The molecule has 1 fully saturated rings. The minimum atomic E-state index is -3.90. The van der Waals surface area contributed by atoms with E-state index >= 15 is 0 Å². The van der Waals surface area contributed by atoms with Crippen LogP contribution in [0.4, 0.5) is 9.18 Å². The number of rotatable bonds is 3. The van der Waals surface area contributed by atoms with Gasteiger partial charge in [-0.25, -0.2) is 18.2 Å². The van der Waals surface area contributed by atoms with Gasteiger partial charge >= 0.3 is 6.09 Å². The predicted molar refractivity (Wildman–Crippen MR) is 120 cm³/mol. The van der Waals surface area contributed by atoms with Crippen LogP contribution in [-0.4, -0.2) is 40.9 Å². The highest BCUT2D eigenvalue weighted by molar-refractivity contribution is 9.10. The Bertz CT molecular complexity index is 1050. The number of halogens is 2. The van der Waals surface area contributed by atoms with E-state index in [1.807, 2.05) is 0 Å². The number of amides is 1. The maximum Gasteiger partial charge on any atom is 0.413 e. The molecule has 1 N–H and O–H groups in total. The second kappa shape index (κ2) is 7.95. The van der Waals surface area contributed by atoms with Crippen LogP contribution in [0.15, 0.2) is 34.4 Å². The highest BCUT2D eigenvalue weighted by Crippen LogP contribution is 2.52. The maximum absolute atomic E-state index is 14.8. The number of ether oxygens (including phenoxy) is 1. The lowest BCUT2D eigenvalue weighted by Gasteiger charge is -2.51. The Labute approximate surface area is 190 Å². The molecule has 1 spiro atoms. The lowest BCUT2D eigenvalue weighted by Crippen LogP contribution is -2.67. The second-order valence-electron chi connectivity index (χ2n) is 9.13. The fourth-order valence-corrected chi connectivity index (χ4v) is 7.47. The zero-order chi connectivity index (χ0) is 23.2. The number of aliphatic imine (C=N–C) groups is 1. The van der Waals surface area contributed by atoms with Crippen LogP contribution in [0.1, 0.15) is 58.9 Å². The van der Waals surface area contributed by atoms with E-state index in [-0.39, 0.29) is 17.8 Å². The second-order valence-corrected chi connectivity index (χ2v) is 12.5. The molecule has 31 heavy (non-hydrogen) atoms. The van der Waals surface area contributed by atoms with Gasteiger partial charge in [-0.2, -0.15) is 4.39 Å². The Morgan fingerprint density at radius 3 is 2.61 bits per heavy atom. The molecule has 7 nitrogen and oxygen atoms in total. The average molecular weight is 516 g/mol. The smallest absolute Gasteiger partial charge is 0.413 e. The number of sulfone groups is 1. The zero-order valence-corrected chi connectivity index (χ0v) is 20.4. The number of nitrogens with one attached hydrogen (secondary N) is 1. The fraction of sp³-hybridized carbons (Fsp3) is 0.571. The molecule has 0 bridgehead atoms.